The Morgan fingerprint density at radius 3 is 2.92 bits per heavy atom. The molecule has 0 aromatic carbocycles. The van der Waals surface area contributed by atoms with Crippen LogP contribution in [0.1, 0.15) is 28.1 Å². The number of hydrogen-bond acceptors (Lipinski definition) is 7. The predicted octanol–water partition coefficient (Wildman–Crippen LogP) is 1.69. The number of aliphatic hydroxyl groups is 1. The van der Waals surface area contributed by atoms with Gasteiger partial charge in [-0.3, -0.25) is 4.79 Å². The number of hydrogen-bond donors (Lipinski definition) is 4. The summed E-state index contributed by atoms with van der Waals surface area (Å²) < 4.78 is 5.63. The Morgan fingerprint density at radius 2 is 2.24 bits per heavy atom. The van der Waals surface area contributed by atoms with Crippen LogP contribution in [0.25, 0.3) is 10.2 Å². The van der Waals surface area contributed by atoms with Crippen molar-refractivity contribution in [1.82, 2.24) is 15.6 Å². The summed E-state index contributed by atoms with van der Waals surface area (Å²) in [6.07, 6.45) is 2.03. The SMILES string of the molecule is Cc1c(Cl)c(OCCNCCO)nc2sc(C(=O)NC3CC3)c(N)c12. The van der Waals surface area contributed by atoms with E-state index in [0.29, 0.717) is 51.4 Å². The third-order valence-electron chi connectivity index (χ3n) is 3.95. The van der Waals surface area contributed by atoms with E-state index in [1.807, 2.05) is 6.92 Å². The number of rotatable bonds is 8. The molecular weight excluding hydrogens is 364 g/mol. The number of pyridine rings is 1. The van der Waals surface area contributed by atoms with Crippen molar-refractivity contribution >= 4 is 44.7 Å². The number of anilines is 1. The summed E-state index contributed by atoms with van der Waals surface area (Å²) in [6, 6.07) is 0.264. The van der Waals surface area contributed by atoms with Crippen LogP contribution in [-0.2, 0) is 0 Å². The zero-order chi connectivity index (χ0) is 18.0. The smallest absolute Gasteiger partial charge is 0.263 e. The standard InChI is InChI=1S/C16H21ClN4O3S/c1-8-10-12(18)13(14(23)20-9-2-3-9)25-16(10)21-15(11(8)17)24-7-5-19-4-6-22/h9,19,22H,2-7,18H2,1H3,(H,20,23). The second-order valence-electron chi connectivity index (χ2n) is 5.95. The highest BCUT2D eigenvalue weighted by Crippen LogP contribution is 2.40. The summed E-state index contributed by atoms with van der Waals surface area (Å²) in [5.74, 6) is 0.169. The minimum absolute atomic E-state index is 0.0737. The fourth-order valence-electron chi connectivity index (χ4n) is 2.45. The molecule has 0 atom stereocenters. The van der Waals surface area contributed by atoms with E-state index in [1.165, 1.54) is 11.3 Å². The van der Waals surface area contributed by atoms with E-state index >= 15 is 0 Å². The molecule has 9 heteroatoms. The average molecular weight is 385 g/mol. The number of fused-ring (bicyclic) bond motifs is 1. The van der Waals surface area contributed by atoms with E-state index < -0.39 is 0 Å². The molecule has 1 fully saturated rings. The number of nitrogens with two attached hydrogens (primary N) is 1. The molecule has 136 valence electrons. The number of aromatic nitrogens is 1. The van der Waals surface area contributed by atoms with E-state index in [9.17, 15) is 4.79 Å². The molecule has 1 saturated carbocycles. The summed E-state index contributed by atoms with van der Waals surface area (Å²) in [6.45, 7) is 3.35. The molecule has 3 rings (SSSR count). The number of aliphatic hydroxyl groups excluding tert-OH is 1. The first-order chi connectivity index (χ1) is 12.0. The molecule has 25 heavy (non-hydrogen) atoms. The van der Waals surface area contributed by atoms with E-state index in [-0.39, 0.29) is 18.6 Å². The van der Waals surface area contributed by atoms with Crippen LogP contribution >= 0.6 is 22.9 Å². The summed E-state index contributed by atoms with van der Waals surface area (Å²) in [5.41, 5.74) is 7.36. The summed E-state index contributed by atoms with van der Waals surface area (Å²) >= 11 is 7.62. The number of amides is 1. The minimum atomic E-state index is -0.158. The van der Waals surface area contributed by atoms with Crippen LogP contribution in [0.4, 0.5) is 5.69 Å². The van der Waals surface area contributed by atoms with Gasteiger partial charge in [-0.05, 0) is 25.3 Å². The third kappa shape index (κ3) is 3.98. The maximum Gasteiger partial charge on any atom is 0.263 e. The minimum Gasteiger partial charge on any atom is -0.475 e. The van der Waals surface area contributed by atoms with Gasteiger partial charge in [-0.15, -0.1) is 11.3 Å². The Labute approximate surface area is 154 Å². The van der Waals surface area contributed by atoms with Crippen molar-refractivity contribution in [2.45, 2.75) is 25.8 Å². The van der Waals surface area contributed by atoms with Crippen LogP contribution in [0.5, 0.6) is 5.88 Å². The topological polar surface area (TPSA) is 109 Å². The van der Waals surface area contributed by atoms with E-state index in [2.05, 4.69) is 15.6 Å². The molecule has 2 heterocycles. The number of nitrogen functional groups attached to an aromatic ring is 1. The van der Waals surface area contributed by atoms with Gasteiger partial charge < -0.3 is 26.2 Å². The van der Waals surface area contributed by atoms with Gasteiger partial charge in [0.15, 0.2) is 0 Å². The second kappa shape index (κ2) is 7.74. The highest BCUT2D eigenvalue weighted by molar-refractivity contribution is 7.21. The first kappa shape index (κ1) is 18.2. The number of nitrogens with one attached hydrogen (secondary N) is 2. The lowest BCUT2D eigenvalue weighted by atomic mass is 10.1. The summed E-state index contributed by atoms with van der Waals surface area (Å²) in [7, 11) is 0. The van der Waals surface area contributed by atoms with Crippen molar-refractivity contribution in [3.63, 3.8) is 0 Å². The van der Waals surface area contributed by atoms with Crippen molar-refractivity contribution in [2.75, 3.05) is 32.0 Å². The van der Waals surface area contributed by atoms with Crippen LogP contribution in [0, 0.1) is 6.92 Å². The third-order valence-corrected chi connectivity index (χ3v) is 5.49. The molecule has 2 aromatic heterocycles. The number of nitrogens with zero attached hydrogens (tertiary/aromatic N) is 1. The van der Waals surface area contributed by atoms with Gasteiger partial charge in [0.1, 0.15) is 21.3 Å². The molecule has 2 aromatic rings. The molecule has 0 radical (unpaired) electrons. The van der Waals surface area contributed by atoms with Crippen molar-refractivity contribution in [1.29, 1.82) is 0 Å². The molecule has 5 N–H and O–H groups in total. The van der Waals surface area contributed by atoms with Gasteiger partial charge in [0, 0.05) is 24.5 Å². The van der Waals surface area contributed by atoms with Gasteiger partial charge in [-0.1, -0.05) is 11.6 Å². The molecule has 0 spiro atoms. The Morgan fingerprint density at radius 1 is 1.48 bits per heavy atom. The maximum absolute atomic E-state index is 12.3. The second-order valence-corrected chi connectivity index (χ2v) is 7.33. The van der Waals surface area contributed by atoms with Crippen molar-refractivity contribution in [2.24, 2.45) is 0 Å². The average Bonchev–Trinajstić information content (AvgIpc) is 3.33. The Hall–Kier alpha value is -1.61. The van der Waals surface area contributed by atoms with Crippen LogP contribution in [0.15, 0.2) is 0 Å². The lowest BCUT2D eigenvalue weighted by Gasteiger charge is -2.10. The van der Waals surface area contributed by atoms with Crippen LogP contribution in [0.3, 0.4) is 0 Å². The predicted molar refractivity (Wildman–Crippen MR) is 99.7 cm³/mol. The van der Waals surface area contributed by atoms with E-state index in [4.69, 9.17) is 27.2 Å². The fourth-order valence-corrected chi connectivity index (χ4v) is 3.69. The number of aryl methyl sites for hydroxylation is 1. The number of thiophene rings is 1. The lowest BCUT2D eigenvalue weighted by Crippen LogP contribution is -2.25. The van der Waals surface area contributed by atoms with Crippen LogP contribution < -0.4 is 21.1 Å². The summed E-state index contributed by atoms with van der Waals surface area (Å²) in [5, 5.41) is 15.8. The van der Waals surface area contributed by atoms with Gasteiger partial charge in [-0.25, -0.2) is 4.98 Å². The molecule has 1 aliphatic carbocycles. The lowest BCUT2D eigenvalue weighted by molar-refractivity contribution is 0.0956. The number of carbonyl (C=O) groups is 1. The van der Waals surface area contributed by atoms with Gasteiger partial charge in [0.2, 0.25) is 5.88 Å². The van der Waals surface area contributed by atoms with E-state index in [1.54, 1.807) is 0 Å². The Bertz CT molecular complexity index is 792. The van der Waals surface area contributed by atoms with Gasteiger partial charge in [0.25, 0.3) is 5.91 Å². The highest BCUT2D eigenvalue weighted by Gasteiger charge is 2.27. The first-order valence-corrected chi connectivity index (χ1v) is 9.35. The summed E-state index contributed by atoms with van der Waals surface area (Å²) in [4.78, 5) is 17.9. The zero-order valence-corrected chi connectivity index (χ0v) is 15.5. The fraction of sp³-hybridized carbons (Fsp3) is 0.500. The maximum atomic E-state index is 12.3. The molecule has 0 bridgehead atoms. The van der Waals surface area contributed by atoms with Crippen molar-refractivity contribution in [3.05, 3.63) is 15.5 Å². The molecule has 7 nitrogen and oxygen atoms in total. The molecule has 0 unspecified atom stereocenters. The number of carbonyl (C=O) groups excluding carboxylic acids is 1. The molecular formula is C16H21ClN4O3S. The van der Waals surface area contributed by atoms with Crippen molar-refractivity contribution in [3.8, 4) is 5.88 Å². The highest BCUT2D eigenvalue weighted by atomic mass is 35.5. The van der Waals surface area contributed by atoms with Crippen LogP contribution in [-0.4, -0.2) is 48.3 Å². The molecule has 1 amide bonds. The van der Waals surface area contributed by atoms with Gasteiger partial charge >= 0.3 is 0 Å². The number of ether oxygens (including phenoxy) is 1. The molecule has 0 saturated heterocycles. The monoisotopic (exact) mass is 384 g/mol. The first-order valence-electron chi connectivity index (χ1n) is 8.16. The van der Waals surface area contributed by atoms with Crippen molar-refractivity contribution < 1.29 is 14.6 Å². The zero-order valence-electron chi connectivity index (χ0n) is 13.9. The van der Waals surface area contributed by atoms with E-state index in [0.717, 1.165) is 18.4 Å². The van der Waals surface area contributed by atoms with Gasteiger partial charge in [-0.2, -0.15) is 0 Å². The molecule has 1 aliphatic rings. The quantitative estimate of drug-likeness (QED) is 0.516. The largest absolute Gasteiger partial charge is 0.475 e. The van der Waals surface area contributed by atoms with Gasteiger partial charge in [0.05, 0.1) is 12.3 Å². The number of halogens is 1. The Balaban J connectivity index is 1.83. The normalized spacial score (nSPS) is 14.0. The molecule has 0 aliphatic heterocycles. The Kier molecular flexibility index (Phi) is 5.63. The van der Waals surface area contributed by atoms with Crippen LogP contribution in [0.2, 0.25) is 5.02 Å².